The van der Waals surface area contributed by atoms with Crippen molar-refractivity contribution in [2.75, 3.05) is 42.9 Å². The largest absolute Gasteiger partial charge is 0.417 e. The normalized spacial score (nSPS) is 15.3. The van der Waals surface area contributed by atoms with Gasteiger partial charge in [0.25, 0.3) is 0 Å². The van der Waals surface area contributed by atoms with Crippen LogP contribution < -0.4 is 10.2 Å². The fourth-order valence-electron chi connectivity index (χ4n) is 3.75. The monoisotopic (exact) mass is 428 g/mol. The van der Waals surface area contributed by atoms with Crippen LogP contribution in [0.5, 0.6) is 0 Å². The highest BCUT2D eigenvalue weighted by atomic mass is 19.4. The fourth-order valence-corrected chi connectivity index (χ4v) is 3.75. The molecule has 2 heterocycles. The third-order valence-corrected chi connectivity index (χ3v) is 5.49. The minimum absolute atomic E-state index is 0.0387. The summed E-state index contributed by atoms with van der Waals surface area (Å²) in [6.45, 7) is 3.39. The van der Waals surface area contributed by atoms with Gasteiger partial charge >= 0.3 is 6.18 Å². The minimum Gasteiger partial charge on any atom is -0.354 e. The quantitative estimate of drug-likeness (QED) is 0.654. The summed E-state index contributed by atoms with van der Waals surface area (Å²) in [5.74, 6) is 0.504. The first kappa shape index (κ1) is 21.1. The number of fused-ring (bicyclic) bond motifs is 1. The van der Waals surface area contributed by atoms with Gasteiger partial charge < -0.3 is 10.2 Å². The molecule has 0 unspecified atom stereocenters. The maximum atomic E-state index is 12.7. The van der Waals surface area contributed by atoms with Crippen molar-refractivity contribution in [3.05, 3.63) is 66.4 Å². The molecule has 3 aromatic rings. The first-order valence-corrected chi connectivity index (χ1v) is 10.2. The first-order chi connectivity index (χ1) is 14.9. The molecule has 2 aromatic carbocycles. The Morgan fingerprint density at radius 2 is 1.71 bits per heavy atom. The Hall–Kier alpha value is -3.13. The van der Waals surface area contributed by atoms with Gasteiger partial charge in [-0.25, -0.2) is 4.98 Å². The molecule has 1 aromatic heterocycles. The van der Waals surface area contributed by atoms with Crippen molar-refractivity contribution in [1.82, 2.24) is 9.88 Å². The number of carbonyl (C=O) groups is 1. The molecule has 5 nitrogen and oxygen atoms in total. The molecule has 31 heavy (non-hydrogen) atoms. The summed E-state index contributed by atoms with van der Waals surface area (Å²) in [5.41, 5.74) is 0.0633. The summed E-state index contributed by atoms with van der Waals surface area (Å²) >= 11 is 0. The van der Waals surface area contributed by atoms with Crippen molar-refractivity contribution >= 4 is 28.2 Å². The molecule has 1 aliphatic heterocycles. The van der Waals surface area contributed by atoms with E-state index >= 15 is 0 Å². The number of anilines is 2. The highest BCUT2D eigenvalue weighted by Crippen LogP contribution is 2.29. The van der Waals surface area contributed by atoms with Crippen LogP contribution in [0.15, 0.2) is 60.8 Å². The number of aromatic nitrogens is 1. The van der Waals surface area contributed by atoms with Gasteiger partial charge in [-0.05, 0) is 23.6 Å². The standard InChI is InChI=1S/C23H23F3N4O/c24-23(25,26)18-8-9-21(27-16-18)30-14-12-29(13-15-30)11-10-22(31)28-20-7-3-5-17-4-1-2-6-19(17)20/h1-9,16H,10-15H2,(H,28,31). The Balaban J connectivity index is 1.26. The smallest absolute Gasteiger partial charge is 0.354 e. The third-order valence-electron chi connectivity index (χ3n) is 5.49. The van der Waals surface area contributed by atoms with Gasteiger partial charge in [0, 0.05) is 56.4 Å². The van der Waals surface area contributed by atoms with E-state index in [0.717, 1.165) is 41.8 Å². The highest BCUT2D eigenvalue weighted by Gasteiger charge is 2.31. The number of carbonyl (C=O) groups excluding carboxylic acids is 1. The Labute approximate surface area is 178 Å². The Morgan fingerprint density at radius 1 is 0.968 bits per heavy atom. The second kappa shape index (κ2) is 8.93. The van der Waals surface area contributed by atoms with Crippen LogP contribution in [0.2, 0.25) is 0 Å². The number of alkyl halides is 3. The highest BCUT2D eigenvalue weighted by molar-refractivity contribution is 6.02. The third kappa shape index (κ3) is 5.14. The maximum Gasteiger partial charge on any atom is 0.417 e. The number of rotatable bonds is 5. The number of hydrogen-bond acceptors (Lipinski definition) is 4. The van der Waals surface area contributed by atoms with E-state index < -0.39 is 11.7 Å². The number of nitrogens with zero attached hydrogens (tertiary/aromatic N) is 3. The predicted octanol–water partition coefficient (Wildman–Crippen LogP) is 4.40. The Morgan fingerprint density at radius 3 is 2.42 bits per heavy atom. The zero-order chi connectivity index (χ0) is 21.8. The van der Waals surface area contributed by atoms with E-state index in [1.165, 1.54) is 6.07 Å². The van der Waals surface area contributed by atoms with E-state index in [9.17, 15) is 18.0 Å². The number of nitrogens with one attached hydrogen (secondary N) is 1. The van der Waals surface area contributed by atoms with E-state index in [1.54, 1.807) is 0 Å². The summed E-state index contributed by atoms with van der Waals surface area (Å²) in [7, 11) is 0. The number of hydrogen-bond donors (Lipinski definition) is 1. The van der Waals surface area contributed by atoms with Crippen LogP contribution >= 0.6 is 0 Å². The van der Waals surface area contributed by atoms with Crippen LogP contribution in [0.1, 0.15) is 12.0 Å². The van der Waals surface area contributed by atoms with Gasteiger partial charge in [0.2, 0.25) is 5.91 Å². The van der Waals surface area contributed by atoms with Crippen LogP contribution in [-0.2, 0) is 11.0 Å². The van der Waals surface area contributed by atoms with Crippen molar-refractivity contribution < 1.29 is 18.0 Å². The minimum atomic E-state index is -4.38. The summed E-state index contributed by atoms with van der Waals surface area (Å²) in [4.78, 5) is 20.6. The lowest BCUT2D eigenvalue weighted by molar-refractivity contribution is -0.137. The molecule has 8 heteroatoms. The molecule has 4 rings (SSSR count). The topological polar surface area (TPSA) is 48.5 Å². The molecule has 162 valence electrons. The van der Waals surface area contributed by atoms with Gasteiger partial charge in [-0.15, -0.1) is 0 Å². The molecule has 1 aliphatic rings. The summed E-state index contributed by atoms with van der Waals surface area (Å²) in [6, 6.07) is 16.2. The molecule has 1 N–H and O–H groups in total. The second-order valence-electron chi connectivity index (χ2n) is 7.56. The van der Waals surface area contributed by atoms with Gasteiger partial charge in [-0.3, -0.25) is 9.69 Å². The van der Waals surface area contributed by atoms with E-state index in [-0.39, 0.29) is 5.91 Å². The molecule has 0 atom stereocenters. The maximum absolute atomic E-state index is 12.7. The van der Waals surface area contributed by atoms with Gasteiger partial charge in [0.05, 0.1) is 5.56 Å². The van der Waals surface area contributed by atoms with Crippen LogP contribution in [0.25, 0.3) is 10.8 Å². The number of benzene rings is 2. The van der Waals surface area contributed by atoms with Crippen molar-refractivity contribution in [2.24, 2.45) is 0 Å². The van der Waals surface area contributed by atoms with Crippen molar-refractivity contribution in [3.63, 3.8) is 0 Å². The molecule has 0 spiro atoms. The molecule has 0 radical (unpaired) electrons. The van der Waals surface area contributed by atoms with Crippen molar-refractivity contribution in [3.8, 4) is 0 Å². The molecular weight excluding hydrogens is 405 g/mol. The predicted molar refractivity (Wildman–Crippen MR) is 115 cm³/mol. The first-order valence-electron chi connectivity index (χ1n) is 10.2. The molecule has 1 saturated heterocycles. The van der Waals surface area contributed by atoms with Crippen LogP contribution in [0.4, 0.5) is 24.7 Å². The van der Waals surface area contributed by atoms with Crippen LogP contribution in [0, 0.1) is 0 Å². The van der Waals surface area contributed by atoms with Crippen LogP contribution in [0.3, 0.4) is 0 Å². The molecule has 0 aliphatic carbocycles. The van der Waals surface area contributed by atoms with E-state index in [0.29, 0.717) is 31.9 Å². The van der Waals surface area contributed by atoms with Crippen molar-refractivity contribution in [2.45, 2.75) is 12.6 Å². The summed E-state index contributed by atoms with van der Waals surface area (Å²) in [6.07, 6.45) is -3.13. The Kier molecular flexibility index (Phi) is 6.08. The van der Waals surface area contributed by atoms with E-state index in [4.69, 9.17) is 0 Å². The average molecular weight is 428 g/mol. The number of pyridine rings is 1. The second-order valence-corrected chi connectivity index (χ2v) is 7.56. The van der Waals surface area contributed by atoms with Crippen LogP contribution in [-0.4, -0.2) is 48.5 Å². The van der Waals surface area contributed by atoms with Gasteiger partial charge in [-0.2, -0.15) is 13.2 Å². The Bertz CT molecular complexity index is 1040. The van der Waals surface area contributed by atoms with Gasteiger partial charge in [0.1, 0.15) is 5.82 Å². The molecule has 0 bridgehead atoms. The average Bonchev–Trinajstić information content (AvgIpc) is 2.78. The molecule has 1 amide bonds. The fraction of sp³-hybridized carbons (Fsp3) is 0.304. The summed E-state index contributed by atoms with van der Waals surface area (Å²) < 4.78 is 38.1. The molecular formula is C23H23F3N4O. The lowest BCUT2D eigenvalue weighted by atomic mass is 10.1. The van der Waals surface area contributed by atoms with Crippen molar-refractivity contribution in [1.29, 1.82) is 0 Å². The number of amides is 1. The molecule has 0 saturated carbocycles. The lowest BCUT2D eigenvalue weighted by Crippen LogP contribution is -2.47. The number of halogens is 3. The zero-order valence-corrected chi connectivity index (χ0v) is 16.9. The SMILES string of the molecule is O=C(CCN1CCN(c2ccc(C(F)(F)F)cn2)CC1)Nc1cccc2ccccc12. The summed E-state index contributed by atoms with van der Waals surface area (Å²) in [5, 5.41) is 5.09. The molecule has 1 fully saturated rings. The van der Waals surface area contributed by atoms with Gasteiger partial charge in [0.15, 0.2) is 0 Å². The lowest BCUT2D eigenvalue weighted by Gasteiger charge is -2.35. The van der Waals surface area contributed by atoms with E-state index in [2.05, 4.69) is 15.2 Å². The number of piperazine rings is 1. The zero-order valence-electron chi connectivity index (χ0n) is 16.9. The van der Waals surface area contributed by atoms with Gasteiger partial charge in [-0.1, -0.05) is 36.4 Å². The van der Waals surface area contributed by atoms with E-state index in [1.807, 2.05) is 47.4 Å².